The molecule has 0 unspecified atom stereocenters. The molecule has 9 heteroatoms. The molecule has 9 nitrogen and oxygen atoms in total. The minimum absolute atomic E-state index is 0.105. The lowest BCUT2D eigenvalue weighted by Crippen LogP contribution is -2.21. The minimum atomic E-state index is -0.653. The monoisotopic (exact) mass is 422 g/mol. The highest BCUT2D eigenvalue weighted by molar-refractivity contribution is 5.96. The van der Waals surface area contributed by atoms with Crippen molar-refractivity contribution < 1.29 is 19.2 Å². The number of aromatic nitrogens is 2. The van der Waals surface area contributed by atoms with Crippen LogP contribution < -0.4 is 5.32 Å². The third kappa shape index (κ3) is 5.13. The molecule has 1 N–H and O–H groups in total. The number of aryl methyl sites for hydroxylation is 2. The topological polar surface area (TPSA) is 116 Å². The molecule has 1 amide bonds. The van der Waals surface area contributed by atoms with Crippen LogP contribution in [0.1, 0.15) is 32.9 Å². The first-order valence-corrected chi connectivity index (χ1v) is 9.56. The fourth-order valence-corrected chi connectivity index (χ4v) is 3.19. The van der Waals surface area contributed by atoms with Crippen molar-refractivity contribution in [1.82, 2.24) is 9.78 Å². The fourth-order valence-electron chi connectivity index (χ4n) is 3.19. The van der Waals surface area contributed by atoms with Crippen LogP contribution in [0.15, 0.2) is 48.5 Å². The molecule has 0 radical (unpaired) electrons. The average molecular weight is 422 g/mol. The van der Waals surface area contributed by atoms with E-state index in [-0.39, 0.29) is 11.4 Å². The van der Waals surface area contributed by atoms with Crippen LogP contribution >= 0.6 is 0 Å². The number of amides is 1. The van der Waals surface area contributed by atoms with E-state index in [4.69, 9.17) is 4.74 Å². The molecular weight excluding hydrogens is 400 g/mol. The predicted molar refractivity (Wildman–Crippen MR) is 114 cm³/mol. The number of hydrogen-bond donors (Lipinski definition) is 1. The third-order valence-corrected chi connectivity index (χ3v) is 4.78. The minimum Gasteiger partial charge on any atom is -0.452 e. The Morgan fingerprint density at radius 2 is 1.84 bits per heavy atom. The highest BCUT2D eigenvalue weighted by atomic mass is 16.6. The molecule has 0 bridgehead atoms. The fraction of sp³-hybridized carbons (Fsp3) is 0.227. The number of carbonyl (C=O) groups is 2. The zero-order valence-electron chi connectivity index (χ0n) is 17.4. The normalized spacial score (nSPS) is 10.5. The van der Waals surface area contributed by atoms with Gasteiger partial charge in [0.2, 0.25) is 0 Å². The number of esters is 1. The van der Waals surface area contributed by atoms with E-state index >= 15 is 0 Å². The van der Waals surface area contributed by atoms with Gasteiger partial charge in [0.15, 0.2) is 6.61 Å². The summed E-state index contributed by atoms with van der Waals surface area (Å²) < 4.78 is 6.87. The van der Waals surface area contributed by atoms with E-state index in [9.17, 15) is 19.7 Å². The van der Waals surface area contributed by atoms with Crippen LogP contribution in [0, 0.1) is 30.9 Å². The molecule has 0 atom stereocenters. The summed E-state index contributed by atoms with van der Waals surface area (Å²) in [6.07, 6.45) is 0. The maximum Gasteiger partial charge on any atom is 0.342 e. The number of rotatable bonds is 7. The van der Waals surface area contributed by atoms with E-state index in [1.807, 2.05) is 30.3 Å². The highest BCUT2D eigenvalue weighted by Crippen LogP contribution is 2.22. The molecule has 160 valence electrons. The maximum absolute atomic E-state index is 12.6. The first kappa shape index (κ1) is 21.7. The van der Waals surface area contributed by atoms with E-state index in [1.54, 1.807) is 31.5 Å². The van der Waals surface area contributed by atoms with Gasteiger partial charge in [0.25, 0.3) is 11.6 Å². The third-order valence-electron chi connectivity index (χ3n) is 4.78. The van der Waals surface area contributed by atoms with Crippen molar-refractivity contribution in [2.24, 2.45) is 0 Å². The molecule has 0 aliphatic rings. The van der Waals surface area contributed by atoms with Gasteiger partial charge in [-0.25, -0.2) is 4.79 Å². The average Bonchev–Trinajstić information content (AvgIpc) is 3.01. The van der Waals surface area contributed by atoms with Gasteiger partial charge in [0, 0.05) is 17.3 Å². The number of carbonyl (C=O) groups excluding carboxylic acids is 2. The lowest BCUT2D eigenvalue weighted by molar-refractivity contribution is -0.385. The molecular formula is C22H22N4O5. The Bertz CT molecular complexity index is 1140. The quantitative estimate of drug-likeness (QED) is 0.353. The van der Waals surface area contributed by atoms with E-state index in [1.165, 1.54) is 12.1 Å². The Morgan fingerprint density at radius 3 is 2.52 bits per heavy atom. The van der Waals surface area contributed by atoms with Crippen molar-refractivity contribution in [3.05, 3.63) is 86.7 Å². The van der Waals surface area contributed by atoms with Gasteiger partial charge in [-0.1, -0.05) is 36.4 Å². The number of anilines is 1. The van der Waals surface area contributed by atoms with E-state index < -0.39 is 23.4 Å². The first-order valence-electron chi connectivity index (χ1n) is 9.56. The Balaban J connectivity index is 1.64. The van der Waals surface area contributed by atoms with Gasteiger partial charge < -0.3 is 10.1 Å². The van der Waals surface area contributed by atoms with Crippen molar-refractivity contribution in [3.8, 4) is 0 Å². The number of benzene rings is 2. The van der Waals surface area contributed by atoms with Crippen molar-refractivity contribution >= 4 is 23.3 Å². The molecule has 0 saturated carbocycles. The summed E-state index contributed by atoms with van der Waals surface area (Å²) in [5, 5.41) is 17.9. The number of nitrogens with one attached hydrogen (secondary N) is 1. The summed E-state index contributed by atoms with van der Waals surface area (Å²) in [5.41, 5.74) is 3.13. The Morgan fingerprint density at radius 1 is 1.13 bits per heavy atom. The second kappa shape index (κ2) is 9.21. The zero-order valence-corrected chi connectivity index (χ0v) is 17.4. The van der Waals surface area contributed by atoms with Crippen LogP contribution in [0.25, 0.3) is 0 Å². The van der Waals surface area contributed by atoms with Gasteiger partial charge >= 0.3 is 5.97 Å². The second-order valence-corrected chi connectivity index (χ2v) is 7.07. The van der Waals surface area contributed by atoms with E-state index in [2.05, 4.69) is 10.4 Å². The lowest BCUT2D eigenvalue weighted by Gasteiger charge is -2.08. The maximum atomic E-state index is 12.6. The second-order valence-electron chi connectivity index (χ2n) is 7.07. The summed E-state index contributed by atoms with van der Waals surface area (Å²) in [5.74, 6) is -1.25. The zero-order chi connectivity index (χ0) is 22.5. The number of ether oxygens (including phenoxy) is 1. The lowest BCUT2D eigenvalue weighted by atomic mass is 10.2. The smallest absolute Gasteiger partial charge is 0.342 e. The molecule has 31 heavy (non-hydrogen) atoms. The van der Waals surface area contributed by atoms with Crippen molar-refractivity contribution in [3.63, 3.8) is 0 Å². The summed E-state index contributed by atoms with van der Waals surface area (Å²) in [6.45, 7) is 5.06. The van der Waals surface area contributed by atoms with Gasteiger partial charge in [0.1, 0.15) is 5.56 Å². The first-order chi connectivity index (χ1) is 14.8. The number of nitro benzene ring substituents is 1. The van der Waals surface area contributed by atoms with Gasteiger partial charge in [-0.3, -0.25) is 19.6 Å². The predicted octanol–water partition coefficient (Wildman–Crippen LogP) is 3.56. The molecule has 3 rings (SSSR count). The Hall–Kier alpha value is -4.01. The van der Waals surface area contributed by atoms with Gasteiger partial charge in [0.05, 0.1) is 22.9 Å². The summed E-state index contributed by atoms with van der Waals surface area (Å²) in [6, 6.07) is 14.1. The number of hydrogen-bond acceptors (Lipinski definition) is 6. The van der Waals surface area contributed by atoms with Crippen LogP contribution in [0.5, 0.6) is 0 Å². The van der Waals surface area contributed by atoms with E-state index in [0.717, 1.165) is 5.56 Å². The SMILES string of the molecule is Cc1ccc(NC(=O)COC(=O)c2c(C)nn(Cc3ccccc3)c2C)cc1[N+](=O)[O-]. The van der Waals surface area contributed by atoms with Crippen LogP contribution in [0.3, 0.4) is 0 Å². The molecule has 1 aromatic heterocycles. The van der Waals surface area contributed by atoms with E-state index in [0.29, 0.717) is 29.1 Å². The number of nitrogens with zero attached hydrogens (tertiary/aromatic N) is 3. The molecule has 3 aromatic rings. The van der Waals surface area contributed by atoms with Crippen molar-refractivity contribution in [2.75, 3.05) is 11.9 Å². The molecule has 2 aromatic carbocycles. The van der Waals surface area contributed by atoms with Crippen LogP contribution in [-0.2, 0) is 16.1 Å². The van der Waals surface area contributed by atoms with Crippen molar-refractivity contribution in [1.29, 1.82) is 0 Å². The molecule has 0 fully saturated rings. The van der Waals surface area contributed by atoms with Gasteiger partial charge in [-0.15, -0.1) is 0 Å². The summed E-state index contributed by atoms with van der Waals surface area (Å²) in [7, 11) is 0. The van der Waals surface area contributed by atoms with Crippen LogP contribution in [0.4, 0.5) is 11.4 Å². The molecule has 1 heterocycles. The molecule has 0 aliphatic carbocycles. The summed E-state index contributed by atoms with van der Waals surface area (Å²) in [4.78, 5) is 35.2. The van der Waals surface area contributed by atoms with Crippen LogP contribution in [-0.4, -0.2) is 33.2 Å². The van der Waals surface area contributed by atoms with Gasteiger partial charge in [-0.05, 0) is 32.4 Å². The number of nitro groups is 1. The van der Waals surface area contributed by atoms with Crippen LogP contribution in [0.2, 0.25) is 0 Å². The molecule has 0 spiro atoms. The Labute approximate surface area is 178 Å². The standard InChI is InChI=1S/C22H22N4O5/c1-14-9-10-18(11-19(14)26(29)30)23-20(27)13-31-22(28)21-15(2)24-25(16(21)3)12-17-7-5-4-6-8-17/h4-11H,12-13H2,1-3H3,(H,23,27). The molecule has 0 saturated heterocycles. The molecule has 0 aliphatic heterocycles. The van der Waals surface area contributed by atoms with Crippen molar-refractivity contribution in [2.45, 2.75) is 27.3 Å². The largest absolute Gasteiger partial charge is 0.452 e. The van der Waals surface area contributed by atoms with Gasteiger partial charge in [-0.2, -0.15) is 5.10 Å². The Kier molecular flexibility index (Phi) is 6.44. The summed E-state index contributed by atoms with van der Waals surface area (Å²) >= 11 is 0. The highest BCUT2D eigenvalue weighted by Gasteiger charge is 2.21.